The summed E-state index contributed by atoms with van der Waals surface area (Å²) in [5.74, 6) is -0.918. The Morgan fingerprint density at radius 2 is 0.507 bits per heavy atom. The van der Waals surface area contributed by atoms with Gasteiger partial charge in [0.25, 0.3) is 0 Å². The lowest BCUT2D eigenvalue weighted by Gasteiger charge is -2.18. The monoisotopic (exact) mass is 991 g/mol. The molecule has 0 heterocycles. The molecule has 0 aliphatic heterocycles. The highest BCUT2D eigenvalue weighted by Crippen LogP contribution is 2.15. The van der Waals surface area contributed by atoms with Crippen LogP contribution in [0.1, 0.15) is 303 Å². The molecule has 410 valence electrons. The zero-order valence-electron chi connectivity index (χ0n) is 47.0. The summed E-state index contributed by atoms with van der Waals surface area (Å²) in [5.41, 5.74) is 0. The molecule has 0 rings (SSSR count). The topological polar surface area (TPSA) is 78.9 Å². The Morgan fingerprint density at radius 3 is 0.845 bits per heavy atom. The number of carbonyl (C=O) groups excluding carboxylic acids is 3. The van der Waals surface area contributed by atoms with Crippen LogP contribution in [0.5, 0.6) is 0 Å². The lowest BCUT2D eigenvalue weighted by atomic mass is 10.1. The fourth-order valence-corrected chi connectivity index (χ4v) is 8.53. The van der Waals surface area contributed by atoms with Crippen LogP contribution in [0.25, 0.3) is 0 Å². The van der Waals surface area contributed by atoms with Crippen molar-refractivity contribution in [2.75, 3.05) is 13.2 Å². The van der Waals surface area contributed by atoms with Gasteiger partial charge in [-0.15, -0.1) is 0 Å². The van der Waals surface area contributed by atoms with Gasteiger partial charge >= 0.3 is 17.9 Å². The Kier molecular flexibility index (Phi) is 56.8. The van der Waals surface area contributed by atoms with Gasteiger partial charge in [-0.3, -0.25) is 14.4 Å². The van der Waals surface area contributed by atoms with Crippen molar-refractivity contribution in [2.45, 2.75) is 309 Å². The molecular weight excluding hydrogens is 877 g/mol. The first-order chi connectivity index (χ1) is 35.0. The van der Waals surface area contributed by atoms with E-state index in [9.17, 15) is 14.4 Å². The fraction of sp³-hybridized carbons (Fsp3) is 0.769. The van der Waals surface area contributed by atoms with Gasteiger partial charge in [-0.1, -0.05) is 241 Å². The lowest BCUT2D eigenvalue weighted by molar-refractivity contribution is -0.167. The fourth-order valence-electron chi connectivity index (χ4n) is 8.53. The molecule has 0 aromatic heterocycles. The third-order valence-electron chi connectivity index (χ3n) is 13.2. The van der Waals surface area contributed by atoms with Gasteiger partial charge in [0.15, 0.2) is 6.10 Å². The maximum atomic E-state index is 12.9. The van der Waals surface area contributed by atoms with Gasteiger partial charge in [0.05, 0.1) is 0 Å². The average Bonchev–Trinajstić information content (AvgIpc) is 3.37. The van der Waals surface area contributed by atoms with E-state index in [-0.39, 0.29) is 31.1 Å². The zero-order chi connectivity index (χ0) is 51.4. The molecule has 6 heteroatoms. The number of unbranched alkanes of at least 4 members (excludes halogenated alkanes) is 32. The zero-order valence-corrected chi connectivity index (χ0v) is 47.0. The van der Waals surface area contributed by atoms with Crippen molar-refractivity contribution in [3.05, 3.63) is 72.9 Å². The van der Waals surface area contributed by atoms with E-state index in [4.69, 9.17) is 14.2 Å². The van der Waals surface area contributed by atoms with Gasteiger partial charge in [-0.25, -0.2) is 0 Å². The first-order valence-corrected chi connectivity index (χ1v) is 30.4. The Bertz CT molecular complexity index is 1320. The molecule has 0 unspecified atom stereocenters. The van der Waals surface area contributed by atoms with Crippen molar-refractivity contribution in [3.8, 4) is 0 Å². The molecular formula is C65H114O6. The van der Waals surface area contributed by atoms with Crippen LogP contribution in [0.2, 0.25) is 0 Å². The quantitative estimate of drug-likeness (QED) is 0.0261. The van der Waals surface area contributed by atoms with Crippen LogP contribution in [0.4, 0.5) is 0 Å². The molecule has 0 saturated carbocycles. The highest BCUT2D eigenvalue weighted by atomic mass is 16.6. The van der Waals surface area contributed by atoms with Crippen LogP contribution in [0.3, 0.4) is 0 Å². The number of allylic oxidation sites excluding steroid dienone is 12. The van der Waals surface area contributed by atoms with Crippen molar-refractivity contribution in [1.82, 2.24) is 0 Å². The van der Waals surface area contributed by atoms with Crippen molar-refractivity contribution in [3.63, 3.8) is 0 Å². The summed E-state index contributed by atoms with van der Waals surface area (Å²) < 4.78 is 16.9. The van der Waals surface area contributed by atoms with E-state index < -0.39 is 6.10 Å². The third-order valence-corrected chi connectivity index (χ3v) is 13.2. The molecule has 6 nitrogen and oxygen atoms in total. The van der Waals surface area contributed by atoms with Gasteiger partial charge in [-0.2, -0.15) is 0 Å². The summed E-state index contributed by atoms with van der Waals surface area (Å²) in [7, 11) is 0. The maximum absolute atomic E-state index is 12.9. The van der Waals surface area contributed by atoms with Crippen molar-refractivity contribution in [2.24, 2.45) is 0 Å². The number of ether oxygens (including phenoxy) is 3. The molecule has 0 N–H and O–H groups in total. The summed E-state index contributed by atoms with van der Waals surface area (Å²) in [5, 5.41) is 0. The van der Waals surface area contributed by atoms with E-state index in [1.807, 2.05) is 0 Å². The number of rotatable bonds is 55. The van der Waals surface area contributed by atoms with Crippen molar-refractivity contribution in [1.29, 1.82) is 0 Å². The first kappa shape index (κ1) is 67.8. The van der Waals surface area contributed by atoms with E-state index in [1.54, 1.807) is 0 Å². The van der Waals surface area contributed by atoms with Crippen LogP contribution in [-0.4, -0.2) is 37.2 Å². The number of hydrogen-bond acceptors (Lipinski definition) is 6. The minimum absolute atomic E-state index is 0.0887. The molecule has 0 aromatic rings. The predicted octanol–water partition coefficient (Wildman–Crippen LogP) is 20.5. The number of carbonyl (C=O) groups is 3. The van der Waals surface area contributed by atoms with Crippen LogP contribution < -0.4 is 0 Å². The number of esters is 3. The van der Waals surface area contributed by atoms with Gasteiger partial charge in [0.2, 0.25) is 0 Å². The second-order valence-electron chi connectivity index (χ2n) is 20.2. The first-order valence-electron chi connectivity index (χ1n) is 30.4. The summed E-state index contributed by atoms with van der Waals surface area (Å²) in [6.07, 6.45) is 76.0. The van der Waals surface area contributed by atoms with E-state index in [0.717, 1.165) is 83.5 Å². The summed E-state index contributed by atoms with van der Waals surface area (Å²) in [6.45, 7) is 6.60. The van der Waals surface area contributed by atoms with Gasteiger partial charge in [0, 0.05) is 19.3 Å². The maximum Gasteiger partial charge on any atom is 0.306 e. The standard InChI is InChI=1S/C65H114O6/c1-4-7-10-13-16-19-22-25-28-31-32-35-37-40-43-46-49-52-55-58-64(67)70-61-62(71-65(68)59-56-53-50-47-44-41-38-34-30-27-24-21-18-15-12-9-6-3)60-69-63(66)57-54-51-48-45-42-39-36-33-29-26-23-20-17-14-11-8-5-2/h16,19,25-30,32,35,40,43,62H,4-15,17-18,20-24,31,33-34,36-39,41-42,44-61H2,1-3H3/b19-16+,28-25+,29-26+,30-27+,35-32+,43-40+/t62-/m1/s1. The molecule has 0 spiro atoms. The largest absolute Gasteiger partial charge is 0.462 e. The third kappa shape index (κ3) is 57.6. The molecule has 0 saturated heterocycles. The minimum Gasteiger partial charge on any atom is -0.462 e. The molecule has 0 fully saturated rings. The van der Waals surface area contributed by atoms with Crippen molar-refractivity contribution < 1.29 is 28.6 Å². The second-order valence-corrected chi connectivity index (χ2v) is 20.2. The normalized spacial score (nSPS) is 12.5. The summed E-state index contributed by atoms with van der Waals surface area (Å²) >= 11 is 0. The molecule has 0 amide bonds. The number of hydrogen-bond donors (Lipinski definition) is 0. The smallest absolute Gasteiger partial charge is 0.306 e. The Balaban J connectivity index is 4.44. The Labute approximate surface area is 440 Å². The van der Waals surface area contributed by atoms with Gasteiger partial charge in [0.1, 0.15) is 13.2 Å². The van der Waals surface area contributed by atoms with Gasteiger partial charge in [-0.05, 0) is 116 Å². The average molecular weight is 992 g/mol. The van der Waals surface area contributed by atoms with E-state index in [2.05, 4.69) is 93.7 Å². The predicted molar refractivity (Wildman–Crippen MR) is 307 cm³/mol. The molecule has 0 radical (unpaired) electrons. The lowest BCUT2D eigenvalue weighted by Crippen LogP contribution is -2.30. The summed E-state index contributed by atoms with van der Waals surface area (Å²) in [4.78, 5) is 38.2. The van der Waals surface area contributed by atoms with Crippen molar-refractivity contribution >= 4 is 17.9 Å². The van der Waals surface area contributed by atoms with Gasteiger partial charge < -0.3 is 14.2 Å². The molecule has 1 atom stereocenters. The van der Waals surface area contributed by atoms with E-state index in [1.165, 1.54) is 180 Å². The Hall–Kier alpha value is -3.15. The summed E-state index contributed by atoms with van der Waals surface area (Å²) in [6, 6.07) is 0. The van der Waals surface area contributed by atoms with Crippen LogP contribution >= 0.6 is 0 Å². The second kappa shape index (κ2) is 59.4. The Morgan fingerprint density at radius 1 is 0.282 bits per heavy atom. The molecule has 71 heavy (non-hydrogen) atoms. The minimum atomic E-state index is -0.793. The molecule has 0 bridgehead atoms. The SMILES string of the molecule is CCCCC/C=C/C/C=C/C/C=C/C/C=C/CCCCCC(=O)OC[C@@H](COC(=O)CCCCCCCCC/C=C/CCCCCCCC)OC(=O)CCCCCCCCC/C=C/CCCCCCCC. The van der Waals surface area contributed by atoms with Crippen LogP contribution in [0, 0.1) is 0 Å². The van der Waals surface area contributed by atoms with E-state index >= 15 is 0 Å². The molecule has 0 aromatic carbocycles. The highest BCUT2D eigenvalue weighted by molar-refractivity contribution is 5.71. The molecule has 0 aliphatic rings. The van der Waals surface area contributed by atoms with Crippen LogP contribution in [-0.2, 0) is 28.6 Å². The van der Waals surface area contributed by atoms with Crippen LogP contribution in [0.15, 0.2) is 72.9 Å². The highest BCUT2D eigenvalue weighted by Gasteiger charge is 2.19. The molecule has 0 aliphatic carbocycles. The van der Waals surface area contributed by atoms with E-state index in [0.29, 0.717) is 19.3 Å².